The molecule has 0 fully saturated rings. The van der Waals surface area contributed by atoms with E-state index >= 15 is 0 Å². The molecule has 0 aromatic heterocycles. The van der Waals surface area contributed by atoms with Gasteiger partial charge in [-0.2, -0.15) is 0 Å². The molecule has 0 heterocycles. The van der Waals surface area contributed by atoms with E-state index in [2.05, 4.69) is 22.5 Å². The molecule has 0 bridgehead atoms. The van der Waals surface area contributed by atoms with E-state index in [-0.39, 0.29) is 12.5 Å². The third kappa shape index (κ3) is 8.16. The van der Waals surface area contributed by atoms with Gasteiger partial charge in [-0.3, -0.25) is 19.3 Å². The third-order valence-corrected chi connectivity index (χ3v) is 5.01. The van der Waals surface area contributed by atoms with E-state index in [0.29, 0.717) is 23.4 Å². The van der Waals surface area contributed by atoms with Gasteiger partial charge in [-0.1, -0.05) is 25.7 Å². The van der Waals surface area contributed by atoms with Gasteiger partial charge in [0.2, 0.25) is 5.91 Å². The lowest BCUT2D eigenvalue weighted by molar-refractivity contribution is -0.123. The van der Waals surface area contributed by atoms with Crippen LogP contribution < -0.4 is 16.4 Å². The van der Waals surface area contributed by atoms with Crippen LogP contribution in [-0.4, -0.2) is 66.4 Å². The number of hydrogen-bond donors (Lipinski definition) is 4. The quantitative estimate of drug-likeness (QED) is 0.400. The Bertz CT molecular complexity index is 1000. The molecule has 33 heavy (non-hydrogen) atoms. The molecular weight excluding hydrogens is 420 g/mol. The van der Waals surface area contributed by atoms with Crippen LogP contribution >= 0.6 is 0 Å². The Balaban J connectivity index is 1.96. The average molecular weight is 451 g/mol. The summed E-state index contributed by atoms with van der Waals surface area (Å²) in [6.07, 6.45) is 0. The summed E-state index contributed by atoms with van der Waals surface area (Å²) in [4.78, 5) is 37.9. The molecule has 174 valence electrons. The van der Waals surface area contributed by atoms with Gasteiger partial charge in [-0.25, -0.2) is 0 Å². The summed E-state index contributed by atoms with van der Waals surface area (Å²) in [5, 5.41) is 14.3. The number of benzene rings is 2. The smallest absolute Gasteiger partial charge is 0.251 e. The van der Waals surface area contributed by atoms with E-state index < -0.39 is 24.3 Å². The maximum absolute atomic E-state index is 12.3. The highest BCUT2D eigenvalue weighted by atomic mass is 16.3. The summed E-state index contributed by atoms with van der Waals surface area (Å²) in [5.74, 6) is 5.02. The van der Waals surface area contributed by atoms with Crippen LogP contribution in [0.3, 0.4) is 0 Å². The van der Waals surface area contributed by atoms with Crippen LogP contribution in [0.2, 0.25) is 0 Å². The molecule has 0 aliphatic heterocycles. The predicted molar refractivity (Wildman–Crippen MR) is 128 cm³/mol. The van der Waals surface area contributed by atoms with Crippen molar-refractivity contribution in [3.8, 4) is 11.8 Å². The van der Waals surface area contributed by atoms with Crippen LogP contribution in [0.25, 0.3) is 0 Å². The molecule has 5 N–H and O–H groups in total. The van der Waals surface area contributed by atoms with Crippen LogP contribution in [0.5, 0.6) is 0 Å². The van der Waals surface area contributed by atoms with E-state index in [1.165, 1.54) is 0 Å². The highest BCUT2D eigenvalue weighted by Crippen LogP contribution is 2.10. The van der Waals surface area contributed by atoms with Gasteiger partial charge in [0.25, 0.3) is 5.91 Å². The molecule has 0 spiro atoms. The van der Waals surface area contributed by atoms with Gasteiger partial charge >= 0.3 is 0 Å². The van der Waals surface area contributed by atoms with Crippen molar-refractivity contribution >= 4 is 23.3 Å². The molecule has 0 saturated heterocycles. The first-order chi connectivity index (χ1) is 15.9. The number of rotatable bonds is 10. The lowest BCUT2D eigenvalue weighted by atomic mass is 10.1. The number of nitrogens with one attached hydrogen (secondary N) is 2. The van der Waals surface area contributed by atoms with Gasteiger partial charge in [0, 0.05) is 28.9 Å². The van der Waals surface area contributed by atoms with Crippen LogP contribution in [-0.2, 0) is 9.59 Å². The Kier molecular flexibility index (Phi) is 10.2. The number of aliphatic hydroxyl groups is 1. The van der Waals surface area contributed by atoms with Crippen molar-refractivity contribution in [2.75, 3.05) is 38.1 Å². The average Bonchev–Trinajstić information content (AvgIpc) is 2.85. The molecule has 8 nitrogen and oxygen atoms in total. The number of likely N-dealkylation sites (N-methyl/N-ethyl adjacent to an activating group) is 1. The standard InChI is InChI=1S/C25H30N4O4/c1-3-29(4-2)16-24(32)27-21-13-9-19(10-14-21)6-5-18-7-11-20(12-8-18)25(33)28-22(15-26)23(31)17-30/h7-14,22,30H,3-4,15-17,26H2,1-2H3,(H,27,32)(H,28,33)/t22-/m0/s1. The van der Waals surface area contributed by atoms with Gasteiger partial charge in [-0.05, 0) is 61.6 Å². The van der Waals surface area contributed by atoms with Crippen LogP contribution in [0, 0.1) is 11.8 Å². The predicted octanol–water partition coefficient (Wildman–Crippen LogP) is 0.985. The summed E-state index contributed by atoms with van der Waals surface area (Å²) in [6, 6.07) is 12.9. The largest absolute Gasteiger partial charge is 0.388 e. The normalized spacial score (nSPS) is 11.3. The Morgan fingerprint density at radius 2 is 1.52 bits per heavy atom. The summed E-state index contributed by atoms with van der Waals surface area (Å²) in [5.41, 5.74) is 8.04. The fourth-order valence-electron chi connectivity index (χ4n) is 2.96. The summed E-state index contributed by atoms with van der Waals surface area (Å²) >= 11 is 0. The Hall–Kier alpha value is -3.51. The van der Waals surface area contributed by atoms with Gasteiger partial charge in [-0.15, -0.1) is 0 Å². The fourth-order valence-corrected chi connectivity index (χ4v) is 2.96. The monoisotopic (exact) mass is 450 g/mol. The molecule has 0 unspecified atom stereocenters. The topological polar surface area (TPSA) is 125 Å². The number of anilines is 1. The highest BCUT2D eigenvalue weighted by Gasteiger charge is 2.18. The van der Waals surface area contributed by atoms with Crippen LogP contribution in [0.4, 0.5) is 5.69 Å². The first kappa shape index (κ1) is 25.7. The van der Waals surface area contributed by atoms with Crippen LogP contribution in [0.15, 0.2) is 48.5 Å². The minimum atomic E-state index is -0.924. The van der Waals surface area contributed by atoms with Crippen molar-refractivity contribution in [1.82, 2.24) is 10.2 Å². The van der Waals surface area contributed by atoms with Crippen molar-refractivity contribution in [1.29, 1.82) is 0 Å². The van der Waals surface area contributed by atoms with Crippen molar-refractivity contribution in [3.63, 3.8) is 0 Å². The van der Waals surface area contributed by atoms with Gasteiger partial charge in [0.1, 0.15) is 12.6 Å². The second-order valence-electron chi connectivity index (χ2n) is 7.30. The Morgan fingerprint density at radius 3 is 2.00 bits per heavy atom. The molecule has 8 heteroatoms. The minimum absolute atomic E-state index is 0.0554. The van der Waals surface area contributed by atoms with E-state index in [4.69, 9.17) is 10.8 Å². The third-order valence-electron chi connectivity index (χ3n) is 5.01. The molecule has 0 aliphatic rings. The van der Waals surface area contributed by atoms with Crippen molar-refractivity contribution in [3.05, 3.63) is 65.2 Å². The maximum atomic E-state index is 12.3. The molecule has 2 aromatic rings. The number of carbonyl (C=O) groups is 3. The van der Waals surface area contributed by atoms with Gasteiger partial charge in [0.15, 0.2) is 5.78 Å². The first-order valence-electron chi connectivity index (χ1n) is 10.8. The summed E-state index contributed by atoms with van der Waals surface area (Å²) in [7, 11) is 0. The second kappa shape index (κ2) is 13.1. The lowest BCUT2D eigenvalue weighted by Crippen LogP contribution is -2.46. The fraction of sp³-hybridized carbons (Fsp3) is 0.320. The number of carbonyl (C=O) groups excluding carboxylic acids is 3. The number of nitrogens with zero attached hydrogens (tertiary/aromatic N) is 1. The molecule has 0 saturated carbocycles. The van der Waals surface area contributed by atoms with E-state index in [9.17, 15) is 14.4 Å². The number of hydrogen-bond acceptors (Lipinski definition) is 6. The van der Waals surface area contributed by atoms with Crippen molar-refractivity contribution in [2.24, 2.45) is 5.73 Å². The highest BCUT2D eigenvalue weighted by molar-refractivity contribution is 5.98. The maximum Gasteiger partial charge on any atom is 0.251 e. The molecule has 0 radical (unpaired) electrons. The Labute approximate surface area is 194 Å². The van der Waals surface area contributed by atoms with Crippen molar-refractivity contribution in [2.45, 2.75) is 19.9 Å². The van der Waals surface area contributed by atoms with Crippen molar-refractivity contribution < 1.29 is 19.5 Å². The Morgan fingerprint density at radius 1 is 0.970 bits per heavy atom. The molecule has 2 amide bonds. The zero-order valence-electron chi connectivity index (χ0n) is 18.9. The van der Waals surface area contributed by atoms with Gasteiger partial charge in [0.05, 0.1) is 6.54 Å². The van der Waals surface area contributed by atoms with E-state index in [0.717, 1.165) is 18.7 Å². The zero-order chi connectivity index (χ0) is 24.2. The number of Topliss-reactive ketones (excluding diaryl/α,β-unsaturated/α-hetero) is 1. The number of nitrogens with two attached hydrogens (primary N) is 1. The van der Waals surface area contributed by atoms with Crippen LogP contribution in [0.1, 0.15) is 35.3 Å². The molecule has 2 rings (SSSR count). The molecular formula is C25H30N4O4. The molecule has 2 aromatic carbocycles. The van der Waals surface area contributed by atoms with Gasteiger partial charge < -0.3 is 21.5 Å². The zero-order valence-corrected chi connectivity index (χ0v) is 18.9. The van der Waals surface area contributed by atoms with E-state index in [1.54, 1.807) is 36.4 Å². The first-order valence-corrected chi connectivity index (χ1v) is 10.8. The number of amides is 2. The lowest BCUT2D eigenvalue weighted by Gasteiger charge is -2.17. The number of ketones is 1. The second-order valence-corrected chi connectivity index (χ2v) is 7.30. The molecule has 1 atom stereocenters. The SMILES string of the molecule is CCN(CC)CC(=O)Nc1ccc(C#Cc2ccc(C(=O)N[C@@H](CN)C(=O)CO)cc2)cc1. The molecule has 0 aliphatic carbocycles. The summed E-state index contributed by atoms with van der Waals surface area (Å²) in [6.45, 7) is 5.26. The minimum Gasteiger partial charge on any atom is -0.388 e. The number of aliphatic hydroxyl groups excluding tert-OH is 1. The van der Waals surface area contributed by atoms with E-state index in [1.807, 2.05) is 30.9 Å². The summed E-state index contributed by atoms with van der Waals surface area (Å²) < 4.78 is 0.